The minimum Gasteiger partial charge on any atom is -0.420 e. The molecule has 1 N–H and O–H groups in total. The highest BCUT2D eigenvalue weighted by Gasteiger charge is 2.28. The number of aryl methyl sites for hydroxylation is 1. The molecule has 2 aromatic heterocycles. The lowest BCUT2D eigenvalue weighted by atomic mass is 10.2. The van der Waals surface area contributed by atoms with Gasteiger partial charge in [0.25, 0.3) is 5.89 Å². The Hall–Kier alpha value is -2.16. The number of benzene rings is 1. The van der Waals surface area contributed by atoms with E-state index in [4.69, 9.17) is 16.0 Å². The maximum absolute atomic E-state index is 12.9. The molecule has 0 spiro atoms. The molecule has 3 aromatic rings. The van der Waals surface area contributed by atoms with Gasteiger partial charge in [-0.25, -0.2) is 13.1 Å². The lowest BCUT2D eigenvalue weighted by Crippen LogP contribution is -2.24. The van der Waals surface area contributed by atoms with Crippen LogP contribution in [0.1, 0.15) is 22.7 Å². The number of hydrogen-bond donors (Lipinski definition) is 1. The first kappa shape index (κ1) is 18.6. The smallest absolute Gasteiger partial charge is 0.264 e. The van der Waals surface area contributed by atoms with Crippen LogP contribution in [0, 0.1) is 20.8 Å². The second kappa shape index (κ2) is 6.86. The van der Waals surface area contributed by atoms with Gasteiger partial charge in [-0.05, 0) is 31.5 Å². The molecule has 0 radical (unpaired) electrons. The summed E-state index contributed by atoms with van der Waals surface area (Å²) in [5, 5.41) is 8.44. The van der Waals surface area contributed by atoms with Crippen molar-refractivity contribution in [2.24, 2.45) is 7.05 Å². The van der Waals surface area contributed by atoms with E-state index in [0.717, 1.165) is 5.56 Å². The van der Waals surface area contributed by atoms with Crippen molar-refractivity contribution in [1.82, 2.24) is 19.5 Å². The van der Waals surface area contributed by atoms with E-state index in [2.05, 4.69) is 14.9 Å². The van der Waals surface area contributed by atoms with E-state index in [1.165, 1.54) is 0 Å². The molecule has 0 fully saturated rings. The van der Waals surface area contributed by atoms with Crippen LogP contribution in [0.2, 0.25) is 5.02 Å². The van der Waals surface area contributed by atoms with Gasteiger partial charge in [0.15, 0.2) is 0 Å². The molecule has 0 saturated carbocycles. The van der Waals surface area contributed by atoms with Gasteiger partial charge in [-0.2, -0.15) is 0 Å². The molecule has 0 atom stereocenters. The molecule has 26 heavy (non-hydrogen) atoms. The fourth-order valence-electron chi connectivity index (χ4n) is 2.90. The summed E-state index contributed by atoms with van der Waals surface area (Å²) in [4.78, 5) is 0.222. The van der Waals surface area contributed by atoms with Crippen LogP contribution in [-0.4, -0.2) is 23.2 Å². The van der Waals surface area contributed by atoms with Crippen LogP contribution in [0.3, 0.4) is 0 Å². The zero-order chi connectivity index (χ0) is 19.1. The van der Waals surface area contributed by atoms with Crippen molar-refractivity contribution in [2.45, 2.75) is 32.2 Å². The van der Waals surface area contributed by atoms with E-state index in [0.29, 0.717) is 33.8 Å². The Balaban J connectivity index is 1.96. The Labute approximate surface area is 157 Å². The largest absolute Gasteiger partial charge is 0.420 e. The van der Waals surface area contributed by atoms with Gasteiger partial charge in [-0.15, -0.1) is 10.2 Å². The molecule has 1 aromatic carbocycles. The van der Waals surface area contributed by atoms with Gasteiger partial charge in [0, 0.05) is 36.8 Å². The van der Waals surface area contributed by atoms with Crippen molar-refractivity contribution >= 4 is 21.6 Å². The third kappa shape index (κ3) is 3.40. The summed E-state index contributed by atoms with van der Waals surface area (Å²) < 4.78 is 35.7. The molecule has 0 bridgehead atoms. The summed E-state index contributed by atoms with van der Waals surface area (Å²) in [6.07, 6.45) is 0. The number of nitrogens with zero attached hydrogens (tertiary/aromatic N) is 3. The van der Waals surface area contributed by atoms with E-state index in [1.54, 1.807) is 56.7 Å². The fraction of sp³-hybridized carbons (Fsp3) is 0.294. The van der Waals surface area contributed by atoms with Gasteiger partial charge in [-0.3, -0.25) is 0 Å². The van der Waals surface area contributed by atoms with E-state index >= 15 is 0 Å². The van der Waals surface area contributed by atoms with Crippen molar-refractivity contribution < 1.29 is 12.8 Å². The number of rotatable bonds is 5. The van der Waals surface area contributed by atoms with Crippen LogP contribution >= 0.6 is 11.6 Å². The number of nitrogens with one attached hydrogen (secondary N) is 1. The maximum Gasteiger partial charge on any atom is 0.264 e. The molecule has 7 nitrogen and oxygen atoms in total. The number of aromatic nitrogens is 3. The lowest BCUT2D eigenvalue weighted by Gasteiger charge is -2.08. The van der Waals surface area contributed by atoms with Gasteiger partial charge in [0.2, 0.25) is 15.9 Å². The predicted molar refractivity (Wildman–Crippen MR) is 98.4 cm³/mol. The Bertz CT molecular complexity index is 1050. The highest BCUT2D eigenvalue weighted by atomic mass is 35.5. The van der Waals surface area contributed by atoms with Crippen molar-refractivity contribution in [3.8, 4) is 11.6 Å². The summed E-state index contributed by atoms with van der Waals surface area (Å²) in [7, 11) is -1.95. The molecule has 0 amide bonds. The molecular weight excluding hydrogens is 376 g/mol. The topological polar surface area (TPSA) is 90.0 Å². The van der Waals surface area contributed by atoms with E-state index < -0.39 is 10.0 Å². The minimum absolute atomic E-state index is 0.169. The molecule has 9 heteroatoms. The van der Waals surface area contributed by atoms with Crippen LogP contribution in [0.4, 0.5) is 0 Å². The Morgan fingerprint density at radius 2 is 1.81 bits per heavy atom. The first-order valence-electron chi connectivity index (χ1n) is 7.91. The second-order valence-corrected chi connectivity index (χ2v) is 8.16. The van der Waals surface area contributed by atoms with E-state index in [9.17, 15) is 8.42 Å². The van der Waals surface area contributed by atoms with Crippen LogP contribution in [0.5, 0.6) is 0 Å². The summed E-state index contributed by atoms with van der Waals surface area (Å²) >= 11 is 5.86. The normalized spacial score (nSPS) is 11.9. The molecule has 0 unspecified atom stereocenters. The first-order valence-corrected chi connectivity index (χ1v) is 9.77. The van der Waals surface area contributed by atoms with Crippen LogP contribution in [0.25, 0.3) is 11.6 Å². The first-order chi connectivity index (χ1) is 12.2. The van der Waals surface area contributed by atoms with Gasteiger partial charge in [0.05, 0.1) is 0 Å². The average Bonchev–Trinajstić information content (AvgIpc) is 3.09. The number of hydrogen-bond acceptors (Lipinski definition) is 5. The SMILES string of the molecule is Cc1nnc(-c2c(C)c(S(=O)(=O)NCc3ccc(Cl)cc3)c(C)n2C)o1. The Morgan fingerprint density at radius 1 is 1.15 bits per heavy atom. The quantitative estimate of drug-likeness (QED) is 0.717. The summed E-state index contributed by atoms with van der Waals surface area (Å²) in [5.74, 6) is 0.716. The highest BCUT2D eigenvalue weighted by molar-refractivity contribution is 7.89. The van der Waals surface area contributed by atoms with Crippen LogP contribution in [0.15, 0.2) is 33.6 Å². The highest BCUT2D eigenvalue weighted by Crippen LogP contribution is 2.32. The summed E-state index contributed by atoms with van der Waals surface area (Å²) in [6.45, 7) is 5.34. The molecule has 2 heterocycles. The Morgan fingerprint density at radius 3 is 2.38 bits per heavy atom. The molecule has 0 aliphatic rings. The molecule has 138 valence electrons. The third-order valence-electron chi connectivity index (χ3n) is 4.24. The molecule has 0 aliphatic heterocycles. The monoisotopic (exact) mass is 394 g/mol. The van der Waals surface area contributed by atoms with Crippen molar-refractivity contribution in [1.29, 1.82) is 0 Å². The molecule has 0 aliphatic carbocycles. The fourth-order valence-corrected chi connectivity index (χ4v) is 4.55. The zero-order valence-corrected chi connectivity index (χ0v) is 16.4. The van der Waals surface area contributed by atoms with Gasteiger partial charge in [-0.1, -0.05) is 23.7 Å². The van der Waals surface area contributed by atoms with Crippen molar-refractivity contribution in [3.63, 3.8) is 0 Å². The lowest BCUT2D eigenvalue weighted by molar-refractivity contribution is 0.528. The van der Waals surface area contributed by atoms with Crippen molar-refractivity contribution in [2.75, 3.05) is 0 Å². The summed E-state index contributed by atoms with van der Waals surface area (Å²) in [5.41, 5.74) is 2.57. The molecular formula is C17H19ClN4O3S. The van der Waals surface area contributed by atoms with Gasteiger partial charge in [0.1, 0.15) is 10.6 Å². The summed E-state index contributed by atoms with van der Waals surface area (Å²) in [6, 6.07) is 7.00. The third-order valence-corrected chi connectivity index (χ3v) is 6.16. The van der Waals surface area contributed by atoms with Crippen LogP contribution < -0.4 is 4.72 Å². The standard InChI is InChI=1S/C17H19ClN4O3S/c1-10-15(17-21-20-12(3)25-17)22(4)11(2)16(10)26(23,24)19-9-13-5-7-14(18)8-6-13/h5-8,19H,9H2,1-4H3. The van der Waals surface area contributed by atoms with E-state index in [-0.39, 0.29) is 11.4 Å². The predicted octanol–water partition coefficient (Wildman–Crippen LogP) is 3.13. The van der Waals surface area contributed by atoms with Crippen LogP contribution in [-0.2, 0) is 23.6 Å². The second-order valence-electron chi connectivity index (χ2n) is 6.02. The Kier molecular flexibility index (Phi) is 4.92. The number of halogens is 1. The minimum atomic E-state index is -3.73. The van der Waals surface area contributed by atoms with Gasteiger partial charge < -0.3 is 8.98 Å². The van der Waals surface area contributed by atoms with Gasteiger partial charge >= 0.3 is 0 Å². The number of sulfonamides is 1. The average molecular weight is 395 g/mol. The molecule has 0 saturated heterocycles. The molecule has 3 rings (SSSR count). The zero-order valence-electron chi connectivity index (χ0n) is 14.9. The maximum atomic E-state index is 12.9. The van der Waals surface area contributed by atoms with E-state index in [1.807, 2.05) is 0 Å². The van der Waals surface area contributed by atoms with Crippen molar-refractivity contribution in [3.05, 3.63) is 52.0 Å².